The highest BCUT2D eigenvalue weighted by Gasteiger charge is 2.68. The van der Waals surface area contributed by atoms with Crippen molar-refractivity contribution in [3.63, 3.8) is 0 Å². The monoisotopic (exact) mass is 402 g/mol. The summed E-state index contributed by atoms with van der Waals surface area (Å²) in [6.07, 6.45) is 8.21. The summed E-state index contributed by atoms with van der Waals surface area (Å²) in [5.74, 6) is 6.13. The first kappa shape index (κ1) is 20.0. The molecule has 6 atom stereocenters. The van der Waals surface area contributed by atoms with Crippen molar-refractivity contribution in [2.24, 2.45) is 17.3 Å². The largest absolute Gasteiger partial charge is 0.386 e. The molecule has 5 rings (SSSR count). The molecule has 4 aliphatic carbocycles. The molecular formula is C24H34O5. The third kappa shape index (κ3) is 2.41. The molecule has 1 spiro atoms. The molecule has 3 saturated carbocycles. The normalized spacial score (nSPS) is 50.2. The minimum atomic E-state index is -0.988. The zero-order chi connectivity index (χ0) is 20.5. The zero-order valence-corrected chi connectivity index (χ0v) is 17.9. The molecule has 160 valence electrons. The summed E-state index contributed by atoms with van der Waals surface area (Å²) in [6, 6.07) is 0. The third-order valence-electron chi connectivity index (χ3n) is 9.21. The van der Waals surface area contributed by atoms with Gasteiger partial charge in [-0.25, -0.2) is 0 Å². The van der Waals surface area contributed by atoms with E-state index in [4.69, 9.17) is 14.2 Å². The molecule has 29 heavy (non-hydrogen) atoms. The van der Waals surface area contributed by atoms with Gasteiger partial charge in [0.1, 0.15) is 16.8 Å². The van der Waals surface area contributed by atoms with Crippen LogP contribution in [0.15, 0.2) is 11.6 Å². The number of rotatable bonds is 1. The second kappa shape index (κ2) is 6.31. The maximum Gasteiger partial charge on any atom is 0.171 e. The number of ether oxygens (including phenoxy) is 3. The van der Waals surface area contributed by atoms with Gasteiger partial charge in [0.25, 0.3) is 0 Å². The fraction of sp³-hybridized carbons (Fsp3) is 0.833. The van der Waals surface area contributed by atoms with Gasteiger partial charge in [0.2, 0.25) is 0 Å². The van der Waals surface area contributed by atoms with E-state index < -0.39 is 22.6 Å². The van der Waals surface area contributed by atoms with E-state index in [1.165, 1.54) is 5.57 Å². The Labute approximate surface area is 173 Å². The lowest BCUT2D eigenvalue weighted by Crippen LogP contribution is -2.68. The molecule has 4 fully saturated rings. The van der Waals surface area contributed by atoms with Crippen molar-refractivity contribution < 1.29 is 24.4 Å². The van der Waals surface area contributed by atoms with Gasteiger partial charge in [-0.15, -0.1) is 5.92 Å². The third-order valence-corrected chi connectivity index (χ3v) is 9.21. The van der Waals surface area contributed by atoms with E-state index in [0.717, 1.165) is 32.1 Å². The highest BCUT2D eigenvalue weighted by Crippen LogP contribution is 2.66. The van der Waals surface area contributed by atoms with E-state index in [2.05, 4.69) is 24.8 Å². The highest BCUT2D eigenvalue weighted by atomic mass is 16.7. The molecule has 1 heterocycles. The lowest BCUT2D eigenvalue weighted by Gasteiger charge is -2.61. The van der Waals surface area contributed by atoms with E-state index in [9.17, 15) is 10.2 Å². The molecule has 1 aliphatic heterocycles. The summed E-state index contributed by atoms with van der Waals surface area (Å²) in [5.41, 5.74) is -1.60. The smallest absolute Gasteiger partial charge is 0.171 e. The van der Waals surface area contributed by atoms with E-state index >= 15 is 0 Å². The number of methoxy groups -OCH3 is 1. The maximum atomic E-state index is 11.9. The molecule has 0 bridgehead atoms. The van der Waals surface area contributed by atoms with Crippen molar-refractivity contribution in [2.75, 3.05) is 20.3 Å². The average Bonchev–Trinajstić information content (AvgIpc) is 3.24. The second-order valence-electron chi connectivity index (χ2n) is 10.2. The van der Waals surface area contributed by atoms with Gasteiger partial charge in [-0.3, -0.25) is 0 Å². The molecule has 1 saturated heterocycles. The Morgan fingerprint density at radius 1 is 1.10 bits per heavy atom. The Morgan fingerprint density at radius 3 is 2.55 bits per heavy atom. The summed E-state index contributed by atoms with van der Waals surface area (Å²) in [5, 5.41) is 23.3. The van der Waals surface area contributed by atoms with Crippen LogP contribution in [0.3, 0.4) is 0 Å². The Morgan fingerprint density at radius 2 is 1.86 bits per heavy atom. The molecule has 2 unspecified atom stereocenters. The Hall–Kier alpha value is -0.900. The maximum absolute atomic E-state index is 11.9. The van der Waals surface area contributed by atoms with Crippen LogP contribution in [0, 0.1) is 29.1 Å². The lowest BCUT2D eigenvalue weighted by atomic mass is 9.50. The van der Waals surface area contributed by atoms with E-state index in [1.807, 2.05) is 6.92 Å². The van der Waals surface area contributed by atoms with Crippen molar-refractivity contribution in [1.82, 2.24) is 0 Å². The molecule has 0 aromatic rings. The molecule has 0 amide bonds. The molecule has 5 aliphatic rings. The SMILES string of the molecule is CC#C[C@]1(O)CCC2C3CC[C@@]4(O)CC5(CC[C@]4(OC)C3=CC[C@@]21C)OCCO5. The molecule has 5 heteroatoms. The lowest BCUT2D eigenvalue weighted by molar-refractivity contribution is -0.281. The first-order chi connectivity index (χ1) is 13.8. The number of hydrogen-bond donors (Lipinski definition) is 2. The zero-order valence-electron chi connectivity index (χ0n) is 17.9. The predicted molar refractivity (Wildman–Crippen MR) is 108 cm³/mol. The summed E-state index contributed by atoms with van der Waals surface area (Å²) in [7, 11) is 1.74. The summed E-state index contributed by atoms with van der Waals surface area (Å²) in [4.78, 5) is 0. The number of hydrogen-bond acceptors (Lipinski definition) is 5. The van der Waals surface area contributed by atoms with Crippen molar-refractivity contribution in [2.45, 2.75) is 87.8 Å². The first-order valence-corrected chi connectivity index (χ1v) is 11.2. The van der Waals surface area contributed by atoms with Crippen LogP contribution < -0.4 is 0 Å². The number of fused-ring (bicyclic) bond motifs is 5. The van der Waals surface area contributed by atoms with Crippen LogP contribution >= 0.6 is 0 Å². The standard InChI is InChI=1S/C24H34O5/c1-4-8-21(25)11-7-18-17-5-10-22(26)16-23(28-14-15-29-23)12-13-24(22,27-3)19(17)6-9-20(18,21)2/h6,17-18,25-26H,5,7,9-16H2,1-3H3/t17?,18?,20-,21-,22+,24-/m0/s1. The highest BCUT2D eigenvalue weighted by molar-refractivity contribution is 5.38. The van der Waals surface area contributed by atoms with Crippen LogP contribution in [0.1, 0.15) is 65.2 Å². The molecule has 0 radical (unpaired) electrons. The van der Waals surface area contributed by atoms with Crippen molar-refractivity contribution >= 4 is 0 Å². The first-order valence-electron chi connectivity index (χ1n) is 11.2. The Balaban J connectivity index is 1.54. The second-order valence-corrected chi connectivity index (χ2v) is 10.2. The van der Waals surface area contributed by atoms with E-state index in [0.29, 0.717) is 44.3 Å². The Kier molecular flexibility index (Phi) is 4.36. The average molecular weight is 403 g/mol. The number of allylic oxidation sites excluding steroid dienone is 1. The van der Waals surface area contributed by atoms with Gasteiger partial charge in [0, 0.05) is 25.4 Å². The fourth-order valence-corrected chi connectivity index (χ4v) is 7.69. The number of aliphatic hydroxyl groups is 2. The molecular weight excluding hydrogens is 368 g/mol. The molecule has 5 nitrogen and oxygen atoms in total. The molecule has 0 aromatic carbocycles. The summed E-state index contributed by atoms with van der Waals surface area (Å²) < 4.78 is 18.1. The van der Waals surface area contributed by atoms with Gasteiger partial charge in [-0.1, -0.05) is 18.9 Å². The topological polar surface area (TPSA) is 68.2 Å². The van der Waals surface area contributed by atoms with Gasteiger partial charge >= 0.3 is 0 Å². The van der Waals surface area contributed by atoms with Crippen molar-refractivity contribution in [3.05, 3.63) is 11.6 Å². The van der Waals surface area contributed by atoms with Gasteiger partial charge in [-0.2, -0.15) is 0 Å². The minimum Gasteiger partial charge on any atom is -0.386 e. The quantitative estimate of drug-likeness (QED) is 0.521. The molecule has 2 N–H and O–H groups in total. The van der Waals surface area contributed by atoms with Crippen LogP contribution in [-0.4, -0.2) is 53.1 Å². The van der Waals surface area contributed by atoms with Crippen LogP contribution in [-0.2, 0) is 14.2 Å². The summed E-state index contributed by atoms with van der Waals surface area (Å²) in [6.45, 7) is 5.21. The van der Waals surface area contributed by atoms with Crippen LogP contribution in [0.25, 0.3) is 0 Å². The fourth-order valence-electron chi connectivity index (χ4n) is 7.69. The van der Waals surface area contributed by atoms with Gasteiger partial charge < -0.3 is 24.4 Å². The van der Waals surface area contributed by atoms with E-state index in [-0.39, 0.29) is 5.41 Å². The van der Waals surface area contributed by atoms with Crippen LogP contribution in [0.4, 0.5) is 0 Å². The summed E-state index contributed by atoms with van der Waals surface area (Å²) >= 11 is 0. The minimum absolute atomic E-state index is 0.248. The van der Waals surface area contributed by atoms with Gasteiger partial charge in [-0.05, 0) is 62.9 Å². The van der Waals surface area contributed by atoms with Crippen LogP contribution in [0.2, 0.25) is 0 Å². The van der Waals surface area contributed by atoms with E-state index in [1.54, 1.807) is 7.11 Å². The van der Waals surface area contributed by atoms with Gasteiger partial charge in [0.15, 0.2) is 5.79 Å². The molecule has 0 aromatic heterocycles. The van der Waals surface area contributed by atoms with Gasteiger partial charge in [0.05, 0.1) is 13.2 Å². The predicted octanol–water partition coefficient (Wildman–Crippen LogP) is 2.94. The van der Waals surface area contributed by atoms with Crippen molar-refractivity contribution in [1.29, 1.82) is 0 Å². The van der Waals surface area contributed by atoms with Crippen LogP contribution in [0.5, 0.6) is 0 Å². The Bertz CT molecular complexity index is 789. The van der Waals surface area contributed by atoms with Crippen molar-refractivity contribution in [3.8, 4) is 11.8 Å².